The summed E-state index contributed by atoms with van der Waals surface area (Å²) in [4.78, 5) is 24.4. The van der Waals surface area contributed by atoms with E-state index < -0.39 is 6.04 Å². The Morgan fingerprint density at radius 2 is 1.50 bits per heavy atom. The normalized spacial score (nSPS) is 11.7. The van der Waals surface area contributed by atoms with Gasteiger partial charge < -0.3 is 10.6 Å². The van der Waals surface area contributed by atoms with Crippen molar-refractivity contribution in [2.75, 3.05) is 5.32 Å². The molecule has 3 rings (SSSR count). The van der Waals surface area contributed by atoms with E-state index in [1.807, 2.05) is 48.5 Å². The number of carbonyl (C=O) groups excluding carboxylic acids is 2. The van der Waals surface area contributed by atoms with Crippen molar-refractivity contribution in [2.45, 2.75) is 13.0 Å². The summed E-state index contributed by atoms with van der Waals surface area (Å²) in [5, 5.41) is 7.70. The van der Waals surface area contributed by atoms with Gasteiger partial charge in [0.1, 0.15) is 6.04 Å². The van der Waals surface area contributed by atoms with Crippen LogP contribution in [0.3, 0.4) is 0 Å². The van der Waals surface area contributed by atoms with Crippen LogP contribution in [0.4, 0.5) is 5.69 Å². The largest absolute Gasteiger partial charge is 0.341 e. The zero-order valence-electron chi connectivity index (χ0n) is 13.3. The Bertz CT molecular complexity index is 875. The number of amides is 2. The van der Waals surface area contributed by atoms with Gasteiger partial charge >= 0.3 is 0 Å². The van der Waals surface area contributed by atoms with Gasteiger partial charge in [-0.3, -0.25) is 9.59 Å². The molecule has 0 aliphatic heterocycles. The van der Waals surface area contributed by atoms with Crippen molar-refractivity contribution >= 4 is 28.3 Å². The van der Waals surface area contributed by atoms with Gasteiger partial charge in [0.15, 0.2) is 0 Å². The Morgan fingerprint density at radius 3 is 2.25 bits per heavy atom. The zero-order valence-corrected chi connectivity index (χ0v) is 13.3. The third kappa shape index (κ3) is 3.60. The van der Waals surface area contributed by atoms with Gasteiger partial charge in [-0.05, 0) is 42.0 Å². The molecule has 0 fully saturated rings. The predicted molar refractivity (Wildman–Crippen MR) is 95.9 cm³/mol. The molecule has 0 aromatic heterocycles. The fourth-order valence-electron chi connectivity index (χ4n) is 2.45. The van der Waals surface area contributed by atoms with Crippen molar-refractivity contribution in [3.8, 4) is 0 Å². The summed E-state index contributed by atoms with van der Waals surface area (Å²) in [5.74, 6) is -0.522. The van der Waals surface area contributed by atoms with E-state index in [0.717, 1.165) is 10.8 Å². The highest BCUT2D eigenvalue weighted by Crippen LogP contribution is 2.18. The molecular weight excluding hydrogens is 300 g/mol. The molecule has 0 bridgehead atoms. The first-order valence-corrected chi connectivity index (χ1v) is 7.79. The van der Waals surface area contributed by atoms with Crippen molar-refractivity contribution in [3.63, 3.8) is 0 Å². The highest BCUT2D eigenvalue weighted by Gasteiger charge is 2.16. The summed E-state index contributed by atoms with van der Waals surface area (Å²) < 4.78 is 0. The molecule has 0 spiro atoms. The molecule has 4 nitrogen and oxygen atoms in total. The molecule has 1 atom stereocenters. The molecule has 4 heteroatoms. The van der Waals surface area contributed by atoms with Gasteiger partial charge in [0.2, 0.25) is 5.91 Å². The summed E-state index contributed by atoms with van der Waals surface area (Å²) in [6.07, 6.45) is 0. The second-order valence-electron chi connectivity index (χ2n) is 5.61. The van der Waals surface area contributed by atoms with E-state index in [1.165, 1.54) is 0 Å². The van der Waals surface area contributed by atoms with E-state index >= 15 is 0 Å². The third-order valence-corrected chi connectivity index (χ3v) is 3.79. The van der Waals surface area contributed by atoms with Crippen LogP contribution < -0.4 is 10.6 Å². The number of nitrogens with one attached hydrogen (secondary N) is 2. The molecular formula is C20H18N2O2. The van der Waals surface area contributed by atoms with Gasteiger partial charge in [-0.25, -0.2) is 0 Å². The lowest BCUT2D eigenvalue weighted by Gasteiger charge is -2.14. The average Bonchev–Trinajstić information content (AvgIpc) is 2.62. The summed E-state index contributed by atoms with van der Waals surface area (Å²) in [5.41, 5.74) is 1.24. The van der Waals surface area contributed by atoms with Gasteiger partial charge in [0.05, 0.1) is 0 Å². The molecule has 0 unspecified atom stereocenters. The molecule has 0 radical (unpaired) electrons. The molecule has 120 valence electrons. The minimum absolute atomic E-state index is 0.255. The predicted octanol–water partition coefficient (Wildman–Crippen LogP) is 3.60. The molecule has 0 saturated heterocycles. The second kappa shape index (κ2) is 6.96. The number of carbonyl (C=O) groups is 2. The van der Waals surface area contributed by atoms with E-state index in [2.05, 4.69) is 10.6 Å². The first-order valence-electron chi connectivity index (χ1n) is 7.79. The zero-order chi connectivity index (χ0) is 16.9. The number of hydrogen-bond donors (Lipinski definition) is 2. The minimum atomic E-state index is -0.635. The molecule has 0 aliphatic rings. The van der Waals surface area contributed by atoms with Crippen molar-refractivity contribution in [2.24, 2.45) is 0 Å². The van der Waals surface area contributed by atoms with E-state index in [-0.39, 0.29) is 11.8 Å². The summed E-state index contributed by atoms with van der Waals surface area (Å²) in [7, 11) is 0. The Kier molecular flexibility index (Phi) is 4.57. The summed E-state index contributed by atoms with van der Waals surface area (Å²) >= 11 is 0. The van der Waals surface area contributed by atoms with E-state index in [1.54, 1.807) is 31.2 Å². The van der Waals surface area contributed by atoms with Crippen molar-refractivity contribution in [1.82, 2.24) is 5.32 Å². The van der Waals surface area contributed by atoms with Crippen LogP contribution in [0, 0.1) is 0 Å². The lowest BCUT2D eigenvalue weighted by atomic mass is 10.1. The van der Waals surface area contributed by atoms with Gasteiger partial charge in [0.25, 0.3) is 5.91 Å². The van der Waals surface area contributed by atoms with Crippen LogP contribution in [0.5, 0.6) is 0 Å². The molecule has 2 N–H and O–H groups in total. The number of fused-ring (bicyclic) bond motifs is 1. The smallest absolute Gasteiger partial charge is 0.251 e. The second-order valence-corrected chi connectivity index (χ2v) is 5.61. The maximum Gasteiger partial charge on any atom is 0.251 e. The number of anilines is 1. The highest BCUT2D eigenvalue weighted by atomic mass is 16.2. The number of hydrogen-bond acceptors (Lipinski definition) is 2. The Hall–Kier alpha value is -3.14. The summed E-state index contributed by atoms with van der Waals surface area (Å²) in [6, 6.07) is 21.9. The van der Waals surface area contributed by atoms with Gasteiger partial charge in [0, 0.05) is 11.3 Å². The van der Waals surface area contributed by atoms with Crippen molar-refractivity contribution < 1.29 is 9.59 Å². The Morgan fingerprint density at radius 1 is 0.833 bits per heavy atom. The first kappa shape index (κ1) is 15.7. The fourth-order valence-corrected chi connectivity index (χ4v) is 2.45. The third-order valence-electron chi connectivity index (χ3n) is 3.79. The number of rotatable bonds is 4. The standard InChI is InChI=1S/C20H18N2O2/c1-14(21-20(24)16-8-3-2-4-9-16)19(23)22-18-12-11-15-7-5-6-10-17(15)13-18/h2-14H,1H3,(H,21,24)(H,22,23)/t14-/m1/s1. The van der Waals surface area contributed by atoms with Crippen molar-refractivity contribution in [3.05, 3.63) is 78.4 Å². The van der Waals surface area contributed by atoms with Gasteiger partial charge in [-0.15, -0.1) is 0 Å². The van der Waals surface area contributed by atoms with Crippen LogP contribution >= 0.6 is 0 Å². The number of benzene rings is 3. The quantitative estimate of drug-likeness (QED) is 0.772. The first-order chi connectivity index (χ1) is 11.6. The molecule has 3 aromatic carbocycles. The molecule has 3 aromatic rings. The molecule has 2 amide bonds. The minimum Gasteiger partial charge on any atom is -0.341 e. The van der Waals surface area contributed by atoms with E-state index in [9.17, 15) is 9.59 Å². The fraction of sp³-hybridized carbons (Fsp3) is 0.100. The maximum atomic E-state index is 12.3. The molecule has 0 saturated carbocycles. The van der Waals surface area contributed by atoms with Crippen LogP contribution in [-0.2, 0) is 4.79 Å². The van der Waals surface area contributed by atoms with E-state index in [0.29, 0.717) is 11.3 Å². The topological polar surface area (TPSA) is 58.2 Å². The average molecular weight is 318 g/mol. The van der Waals surface area contributed by atoms with Gasteiger partial charge in [-0.1, -0.05) is 48.5 Å². The molecule has 0 heterocycles. The SMILES string of the molecule is C[C@@H](NC(=O)c1ccccc1)C(=O)Nc1ccc2ccccc2c1. The maximum absolute atomic E-state index is 12.3. The Balaban J connectivity index is 1.66. The van der Waals surface area contributed by atoms with Crippen LogP contribution in [-0.4, -0.2) is 17.9 Å². The molecule has 0 aliphatic carbocycles. The monoisotopic (exact) mass is 318 g/mol. The lowest BCUT2D eigenvalue weighted by molar-refractivity contribution is -0.117. The van der Waals surface area contributed by atoms with Crippen LogP contribution in [0.15, 0.2) is 72.8 Å². The van der Waals surface area contributed by atoms with Crippen LogP contribution in [0.2, 0.25) is 0 Å². The molecule has 24 heavy (non-hydrogen) atoms. The van der Waals surface area contributed by atoms with Crippen LogP contribution in [0.1, 0.15) is 17.3 Å². The van der Waals surface area contributed by atoms with E-state index in [4.69, 9.17) is 0 Å². The Labute approximate surface area is 140 Å². The van der Waals surface area contributed by atoms with Crippen molar-refractivity contribution in [1.29, 1.82) is 0 Å². The lowest BCUT2D eigenvalue weighted by Crippen LogP contribution is -2.41. The van der Waals surface area contributed by atoms with Crippen LogP contribution in [0.25, 0.3) is 10.8 Å². The van der Waals surface area contributed by atoms with Gasteiger partial charge in [-0.2, -0.15) is 0 Å². The highest BCUT2D eigenvalue weighted by molar-refractivity contribution is 6.01. The summed E-state index contributed by atoms with van der Waals surface area (Å²) in [6.45, 7) is 1.66.